The van der Waals surface area contributed by atoms with Crippen LogP contribution in [-0.2, 0) is 9.53 Å². The molecule has 2 atom stereocenters. The summed E-state index contributed by atoms with van der Waals surface area (Å²) >= 11 is 0. The molecule has 2 rings (SSSR count). The van der Waals surface area contributed by atoms with Gasteiger partial charge in [-0.05, 0) is 31.2 Å². The second kappa shape index (κ2) is 7.42. The zero-order valence-electron chi connectivity index (χ0n) is 14.2. The second-order valence-electron chi connectivity index (χ2n) is 6.58. The predicted octanol–water partition coefficient (Wildman–Crippen LogP) is 2.56. The smallest absolute Gasteiger partial charge is 0.338 e. The number of nitro groups is 1. The lowest BCUT2D eigenvalue weighted by molar-refractivity contribution is -0.385. The van der Waals surface area contributed by atoms with Crippen LogP contribution in [0, 0.1) is 28.9 Å². The molecule has 0 saturated carbocycles. The summed E-state index contributed by atoms with van der Waals surface area (Å²) in [7, 11) is 0. The number of hydrogen-bond acceptors (Lipinski definition) is 5. The first kappa shape index (κ1) is 17.9. The van der Waals surface area contributed by atoms with Crippen molar-refractivity contribution in [3.8, 4) is 0 Å². The van der Waals surface area contributed by atoms with Crippen LogP contribution in [0.3, 0.4) is 0 Å². The van der Waals surface area contributed by atoms with E-state index in [1.54, 1.807) is 11.8 Å². The van der Waals surface area contributed by atoms with E-state index in [4.69, 9.17) is 4.74 Å². The molecule has 7 nitrogen and oxygen atoms in total. The van der Waals surface area contributed by atoms with Crippen molar-refractivity contribution in [1.82, 2.24) is 4.90 Å². The van der Waals surface area contributed by atoms with E-state index in [1.165, 1.54) is 18.2 Å². The normalized spacial score (nSPS) is 20.5. The molecule has 1 saturated heterocycles. The van der Waals surface area contributed by atoms with Gasteiger partial charge < -0.3 is 9.64 Å². The maximum absolute atomic E-state index is 12.2. The van der Waals surface area contributed by atoms with Gasteiger partial charge in [0.05, 0.1) is 10.5 Å². The van der Waals surface area contributed by atoms with E-state index >= 15 is 0 Å². The predicted molar refractivity (Wildman–Crippen MR) is 87.6 cm³/mol. The third-order valence-electron chi connectivity index (χ3n) is 4.19. The number of likely N-dealkylation sites (tertiary alicyclic amines) is 1. The first-order valence-corrected chi connectivity index (χ1v) is 7.98. The molecule has 0 radical (unpaired) electrons. The van der Waals surface area contributed by atoms with Gasteiger partial charge >= 0.3 is 5.97 Å². The number of rotatable bonds is 4. The van der Waals surface area contributed by atoms with Crippen LogP contribution in [-0.4, -0.2) is 41.4 Å². The molecule has 7 heteroatoms. The van der Waals surface area contributed by atoms with Crippen LogP contribution in [0.4, 0.5) is 5.69 Å². The van der Waals surface area contributed by atoms with Gasteiger partial charge in [-0.3, -0.25) is 14.9 Å². The van der Waals surface area contributed by atoms with Crippen molar-refractivity contribution in [1.29, 1.82) is 0 Å². The van der Waals surface area contributed by atoms with Crippen LogP contribution in [0.2, 0.25) is 0 Å². The van der Waals surface area contributed by atoms with E-state index in [1.807, 2.05) is 0 Å². The molecule has 24 heavy (non-hydrogen) atoms. The summed E-state index contributed by atoms with van der Waals surface area (Å²) in [5.41, 5.74) is 0.388. The Morgan fingerprint density at radius 3 is 2.50 bits per heavy atom. The van der Waals surface area contributed by atoms with E-state index in [2.05, 4.69) is 13.8 Å². The Bertz CT molecular complexity index is 648. The van der Waals surface area contributed by atoms with E-state index in [9.17, 15) is 19.7 Å². The highest BCUT2D eigenvalue weighted by Crippen LogP contribution is 2.22. The van der Waals surface area contributed by atoms with Crippen molar-refractivity contribution in [2.75, 3.05) is 19.7 Å². The number of piperidine rings is 1. The molecule has 1 aromatic carbocycles. The van der Waals surface area contributed by atoms with Gasteiger partial charge in [0.15, 0.2) is 6.61 Å². The molecule has 0 spiro atoms. The zero-order valence-corrected chi connectivity index (χ0v) is 14.2. The summed E-state index contributed by atoms with van der Waals surface area (Å²) in [4.78, 5) is 36.3. The number of nitro benzene ring substituents is 1. The van der Waals surface area contributed by atoms with Crippen molar-refractivity contribution in [2.24, 2.45) is 11.8 Å². The van der Waals surface area contributed by atoms with Crippen molar-refractivity contribution in [3.05, 3.63) is 39.4 Å². The molecule has 1 aromatic rings. The molecular formula is C17H22N2O5. The van der Waals surface area contributed by atoms with Crippen molar-refractivity contribution >= 4 is 17.6 Å². The minimum atomic E-state index is -0.732. The Balaban J connectivity index is 1.96. The maximum Gasteiger partial charge on any atom is 0.338 e. The molecular weight excluding hydrogens is 312 g/mol. The topological polar surface area (TPSA) is 89.8 Å². The highest BCUT2D eigenvalue weighted by molar-refractivity contribution is 5.92. The Morgan fingerprint density at radius 1 is 1.29 bits per heavy atom. The van der Waals surface area contributed by atoms with Crippen molar-refractivity contribution in [3.63, 3.8) is 0 Å². The monoisotopic (exact) mass is 334 g/mol. The number of esters is 1. The largest absolute Gasteiger partial charge is 0.452 e. The molecule has 1 heterocycles. The van der Waals surface area contributed by atoms with Crippen LogP contribution in [0.25, 0.3) is 0 Å². The standard InChI is InChI=1S/C17H22N2O5/c1-11-6-12(2)9-18(8-11)16(20)10-24-17(21)14-5-4-13(3)15(7-14)19(22)23/h4-5,7,11-12H,6,8-10H2,1-3H3/t11-,12+. The van der Waals surface area contributed by atoms with Gasteiger partial charge in [-0.2, -0.15) is 0 Å². The molecule has 0 bridgehead atoms. The minimum absolute atomic E-state index is 0.0699. The average molecular weight is 334 g/mol. The van der Waals surface area contributed by atoms with Gasteiger partial charge in [0, 0.05) is 24.7 Å². The highest BCUT2D eigenvalue weighted by Gasteiger charge is 2.26. The lowest BCUT2D eigenvalue weighted by Crippen LogP contribution is -2.44. The number of hydrogen-bond donors (Lipinski definition) is 0. The van der Waals surface area contributed by atoms with Crippen LogP contribution in [0.15, 0.2) is 18.2 Å². The number of nitrogens with zero attached hydrogens (tertiary/aromatic N) is 2. The Labute approximate surface area is 140 Å². The number of carbonyl (C=O) groups excluding carboxylic acids is 2. The van der Waals surface area contributed by atoms with Crippen molar-refractivity contribution in [2.45, 2.75) is 27.2 Å². The van der Waals surface area contributed by atoms with Gasteiger partial charge in [0.2, 0.25) is 0 Å². The van der Waals surface area contributed by atoms with Crippen LogP contribution >= 0.6 is 0 Å². The highest BCUT2D eigenvalue weighted by atomic mass is 16.6. The Kier molecular flexibility index (Phi) is 5.54. The molecule has 0 N–H and O–H groups in total. The average Bonchev–Trinajstić information content (AvgIpc) is 2.51. The molecule has 130 valence electrons. The molecule has 1 aliphatic heterocycles. The van der Waals surface area contributed by atoms with Gasteiger partial charge in [0.1, 0.15) is 0 Å². The second-order valence-corrected chi connectivity index (χ2v) is 6.58. The van der Waals surface area contributed by atoms with E-state index < -0.39 is 10.9 Å². The van der Waals surface area contributed by atoms with Gasteiger partial charge in [-0.25, -0.2) is 4.79 Å². The van der Waals surface area contributed by atoms with Crippen LogP contribution in [0.1, 0.15) is 36.2 Å². The molecule has 1 aliphatic rings. The fraction of sp³-hybridized carbons (Fsp3) is 0.529. The van der Waals surface area contributed by atoms with Gasteiger partial charge in [0.25, 0.3) is 11.6 Å². The summed E-state index contributed by atoms with van der Waals surface area (Å²) in [6.07, 6.45) is 1.08. The summed E-state index contributed by atoms with van der Waals surface area (Å²) < 4.78 is 5.04. The van der Waals surface area contributed by atoms with E-state index in [0.717, 1.165) is 6.42 Å². The van der Waals surface area contributed by atoms with E-state index in [-0.39, 0.29) is 23.8 Å². The van der Waals surface area contributed by atoms with Crippen LogP contribution < -0.4 is 0 Å². The number of aryl methyl sites for hydroxylation is 1. The van der Waals surface area contributed by atoms with E-state index in [0.29, 0.717) is 30.5 Å². The molecule has 1 amide bonds. The fourth-order valence-corrected chi connectivity index (χ4v) is 3.10. The molecule has 0 unspecified atom stereocenters. The number of ether oxygens (including phenoxy) is 1. The SMILES string of the molecule is Cc1ccc(C(=O)OCC(=O)N2C[C@H](C)C[C@H](C)C2)cc1[N+](=O)[O-]. The van der Waals surface area contributed by atoms with Gasteiger partial charge in [-0.1, -0.05) is 19.9 Å². The Morgan fingerprint density at radius 2 is 1.92 bits per heavy atom. The first-order chi connectivity index (χ1) is 11.3. The summed E-state index contributed by atoms with van der Waals surface area (Å²) in [6, 6.07) is 4.12. The third kappa shape index (κ3) is 4.31. The molecule has 0 aromatic heterocycles. The minimum Gasteiger partial charge on any atom is -0.452 e. The maximum atomic E-state index is 12.2. The summed E-state index contributed by atoms with van der Waals surface area (Å²) in [5.74, 6) is -0.116. The number of amides is 1. The number of benzene rings is 1. The Hall–Kier alpha value is -2.44. The van der Waals surface area contributed by atoms with Crippen molar-refractivity contribution < 1.29 is 19.2 Å². The van der Waals surface area contributed by atoms with Gasteiger partial charge in [-0.15, -0.1) is 0 Å². The third-order valence-corrected chi connectivity index (χ3v) is 4.19. The quantitative estimate of drug-likeness (QED) is 0.479. The zero-order chi connectivity index (χ0) is 17.9. The van der Waals surface area contributed by atoms with Crippen LogP contribution in [0.5, 0.6) is 0 Å². The summed E-state index contributed by atoms with van der Waals surface area (Å²) in [6.45, 7) is 6.75. The number of carbonyl (C=O) groups is 2. The lowest BCUT2D eigenvalue weighted by atomic mass is 9.92. The summed E-state index contributed by atoms with van der Waals surface area (Å²) in [5, 5.41) is 10.9. The molecule has 0 aliphatic carbocycles. The lowest BCUT2D eigenvalue weighted by Gasteiger charge is -2.34. The molecule has 1 fully saturated rings. The first-order valence-electron chi connectivity index (χ1n) is 7.98. The fourth-order valence-electron chi connectivity index (χ4n) is 3.10.